The first-order valence-electron chi connectivity index (χ1n) is 9.07. The van der Waals surface area contributed by atoms with Gasteiger partial charge in [0.25, 0.3) is 0 Å². The molecule has 0 atom stereocenters. The Bertz CT molecular complexity index is 910. The van der Waals surface area contributed by atoms with Gasteiger partial charge in [-0.15, -0.1) is 0 Å². The summed E-state index contributed by atoms with van der Waals surface area (Å²) in [7, 11) is 0.191. The van der Waals surface area contributed by atoms with Crippen LogP contribution < -0.4 is 9.47 Å². The molecule has 3 rings (SSSR count). The van der Waals surface area contributed by atoms with Gasteiger partial charge in [0, 0.05) is 28.4 Å². The van der Waals surface area contributed by atoms with E-state index in [1.54, 1.807) is 14.2 Å². The molecule has 2 aromatic carbocycles. The van der Waals surface area contributed by atoms with E-state index in [2.05, 4.69) is 4.57 Å². The lowest BCUT2D eigenvalue weighted by atomic mass is 10.1. The van der Waals surface area contributed by atoms with E-state index >= 15 is 0 Å². The Balaban J connectivity index is 2.09. The number of nitrogens with zero attached hydrogens (tertiary/aromatic N) is 1. The van der Waals surface area contributed by atoms with Gasteiger partial charge in [-0.25, -0.2) is 0 Å². The molecule has 0 saturated heterocycles. The fourth-order valence-electron chi connectivity index (χ4n) is 3.34. The summed E-state index contributed by atoms with van der Waals surface area (Å²) in [6, 6.07) is 11.9. The monoisotopic (exact) mass is 391 g/mol. The van der Waals surface area contributed by atoms with Crippen molar-refractivity contribution in [3.8, 4) is 11.5 Å². The number of aromatic nitrogens is 1. The zero-order valence-corrected chi connectivity index (χ0v) is 17.1. The maximum atomic E-state index is 12.9. The quantitative estimate of drug-likeness (QED) is 0.476. The van der Waals surface area contributed by atoms with Crippen molar-refractivity contribution in [3.05, 3.63) is 36.4 Å². The second-order valence-electron chi connectivity index (χ2n) is 6.09. The number of hydrogen-bond acceptors (Lipinski definition) is 5. The van der Waals surface area contributed by atoms with Crippen molar-refractivity contribution in [2.45, 2.75) is 20.4 Å². The van der Waals surface area contributed by atoms with E-state index < -0.39 is 7.60 Å². The molecule has 0 amide bonds. The topological polar surface area (TPSA) is 58.9 Å². The molecule has 0 spiro atoms. The summed E-state index contributed by atoms with van der Waals surface area (Å²) in [4.78, 5) is 0. The molecule has 1 aromatic heterocycles. The van der Waals surface area contributed by atoms with Crippen molar-refractivity contribution in [3.63, 3.8) is 0 Å². The van der Waals surface area contributed by atoms with Crippen LogP contribution in [0.2, 0.25) is 0 Å². The third kappa shape index (κ3) is 3.98. The molecule has 1 heterocycles. The number of benzene rings is 2. The highest BCUT2D eigenvalue weighted by Gasteiger charge is 2.24. The average Bonchev–Trinajstić information content (AvgIpc) is 2.99. The molecule has 0 aliphatic rings. The average molecular weight is 391 g/mol. The molecule has 0 saturated carbocycles. The minimum atomic E-state index is -3.12. The SMILES string of the molecule is CCOP(=O)(CCn1c2ccc(OC)cc2c2cc(OC)ccc21)OCC. The van der Waals surface area contributed by atoms with E-state index in [4.69, 9.17) is 18.5 Å². The fourth-order valence-corrected chi connectivity index (χ4v) is 4.90. The van der Waals surface area contributed by atoms with Crippen molar-refractivity contribution < 1.29 is 23.1 Å². The Labute approximate surface area is 159 Å². The molecule has 7 heteroatoms. The Morgan fingerprint density at radius 2 is 1.33 bits per heavy atom. The fraction of sp³-hybridized carbons (Fsp3) is 0.400. The summed E-state index contributed by atoms with van der Waals surface area (Å²) >= 11 is 0. The maximum Gasteiger partial charge on any atom is 0.332 e. The van der Waals surface area contributed by atoms with Crippen LogP contribution in [0.15, 0.2) is 36.4 Å². The predicted molar refractivity (Wildman–Crippen MR) is 108 cm³/mol. The van der Waals surface area contributed by atoms with Crippen LogP contribution in [-0.2, 0) is 20.2 Å². The minimum Gasteiger partial charge on any atom is -0.497 e. The van der Waals surface area contributed by atoms with Crippen LogP contribution in [0.1, 0.15) is 13.8 Å². The first-order chi connectivity index (χ1) is 13.0. The molecule has 0 aliphatic carbocycles. The van der Waals surface area contributed by atoms with Gasteiger partial charge in [0.15, 0.2) is 0 Å². The predicted octanol–water partition coefficient (Wildman–Crippen LogP) is 5.08. The number of aryl methyl sites for hydroxylation is 1. The number of methoxy groups -OCH3 is 2. The molecule has 27 heavy (non-hydrogen) atoms. The van der Waals surface area contributed by atoms with E-state index in [9.17, 15) is 4.57 Å². The lowest BCUT2D eigenvalue weighted by Crippen LogP contribution is -2.07. The molecular weight excluding hydrogens is 365 g/mol. The van der Waals surface area contributed by atoms with Gasteiger partial charge in [0.05, 0.1) is 33.6 Å². The van der Waals surface area contributed by atoms with E-state index in [1.807, 2.05) is 50.2 Å². The van der Waals surface area contributed by atoms with E-state index in [-0.39, 0.29) is 0 Å². The van der Waals surface area contributed by atoms with Crippen molar-refractivity contribution in [1.29, 1.82) is 0 Å². The van der Waals surface area contributed by atoms with Crippen molar-refractivity contribution in [2.24, 2.45) is 0 Å². The smallest absolute Gasteiger partial charge is 0.332 e. The summed E-state index contributed by atoms with van der Waals surface area (Å²) in [6.45, 7) is 4.89. The van der Waals surface area contributed by atoms with Crippen LogP contribution >= 0.6 is 7.60 Å². The molecule has 146 valence electrons. The Hall–Kier alpha value is -2.01. The maximum absolute atomic E-state index is 12.9. The molecule has 0 fully saturated rings. The highest BCUT2D eigenvalue weighted by molar-refractivity contribution is 7.53. The van der Waals surface area contributed by atoms with Gasteiger partial charge in [0.1, 0.15) is 11.5 Å². The Morgan fingerprint density at radius 1 is 0.852 bits per heavy atom. The largest absolute Gasteiger partial charge is 0.497 e. The number of hydrogen-bond donors (Lipinski definition) is 0. The van der Waals surface area contributed by atoms with Crippen LogP contribution in [0.25, 0.3) is 21.8 Å². The van der Waals surface area contributed by atoms with Crippen LogP contribution in [0.4, 0.5) is 0 Å². The standard InChI is InChI=1S/C20H26NO5P/c1-5-25-27(22,26-6-2)12-11-21-19-9-7-15(23-3)13-17(19)18-14-16(24-4)8-10-20(18)21/h7-10,13-14H,5-6,11-12H2,1-4H3. The summed E-state index contributed by atoms with van der Waals surface area (Å²) in [6.07, 6.45) is 0.311. The Kier molecular flexibility index (Phi) is 6.10. The van der Waals surface area contributed by atoms with Crippen LogP contribution in [0.5, 0.6) is 11.5 Å². The number of ether oxygens (including phenoxy) is 2. The van der Waals surface area contributed by atoms with E-state index in [0.29, 0.717) is 25.9 Å². The van der Waals surface area contributed by atoms with Gasteiger partial charge in [-0.2, -0.15) is 0 Å². The van der Waals surface area contributed by atoms with Crippen molar-refractivity contribution in [1.82, 2.24) is 4.57 Å². The third-order valence-electron chi connectivity index (χ3n) is 4.53. The molecule has 6 nitrogen and oxygen atoms in total. The van der Waals surface area contributed by atoms with Gasteiger partial charge in [-0.3, -0.25) is 4.57 Å². The van der Waals surface area contributed by atoms with E-state index in [1.165, 1.54) is 0 Å². The molecular formula is C20H26NO5P. The lowest BCUT2D eigenvalue weighted by Gasteiger charge is -2.18. The molecule has 0 N–H and O–H groups in total. The van der Waals surface area contributed by atoms with Gasteiger partial charge in [0.2, 0.25) is 0 Å². The molecule has 3 aromatic rings. The second-order valence-corrected chi connectivity index (χ2v) is 8.27. The number of fused-ring (bicyclic) bond motifs is 3. The molecule has 0 bridgehead atoms. The highest BCUT2D eigenvalue weighted by atomic mass is 31.2. The van der Waals surface area contributed by atoms with Gasteiger partial charge in [-0.05, 0) is 50.2 Å². The summed E-state index contributed by atoms with van der Waals surface area (Å²) in [5.41, 5.74) is 2.08. The Morgan fingerprint density at radius 3 is 1.74 bits per heavy atom. The number of rotatable bonds is 9. The van der Waals surface area contributed by atoms with Gasteiger partial charge < -0.3 is 23.1 Å². The van der Waals surface area contributed by atoms with Gasteiger partial charge >= 0.3 is 7.60 Å². The summed E-state index contributed by atoms with van der Waals surface area (Å²) < 4.78 is 36.7. The highest BCUT2D eigenvalue weighted by Crippen LogP contribution is 2.48. The first kappa shape index (κ1) is 19.7. The molecule has 0 unspecified atom stereocenters. The van der Waals surface area contributed by atoms with Crippen LogP contribution in [0.3, 0.4) is 0 Å². The second kappa shape index (κ2) is 8.34. The van der Waals surface area contributed by atoms with Crippen LogP contribution in [0, 0.1) is 0 Å². The lowest BCUT2D eigenvalue weighted by molar-refractivity contribution is 0.219. The first-order valence-corrected chi connectivity index (χ1v) is 10.8. The third-order valence-corrected chi connectivity index (χ3v) is 6.58. The van der Waals surface area contributed by atoms with Crippen LogP contribution in [-0.4, -0.2) is 38.2 Å². The zero-order valence-electron chi connectivity index (χ0n) is 16.2. The minimum absolute atomic E-state index is 0.311. The van der Waals surface area contributed by atoms with Crippen molar-refractivity contribution >= 4 is 29.4 Å². The molecule has 0 radical (unpaired) electrons. The van der Waals surface area contributed by atoms with Crippen molar-refractivity contribution in [2.75, 3.05) is 33.6 Å². The van der Waals surface area contributed by atoms with Gasteiger partial charge in [-0.1, -0.05) is 0 Å². The van der Waals surface area contributed by atoms with E-state index in [0.717, 1.165) is 33.3 Å². The summed E-state index contributed by atoms with van der Waals surface area (Å²) in [5, 5.41) is 2.12. The summed E-state index contributed by atoms with van der Waals surface area (Å²) in [5.74, 6) is 1.58. The zero-order chi connectivity index (χ0) is 19.4. The molecule has 0 aliphatic heterocycles. The normalized spacial score (nSPS) is 12.0.